The number of ether oxygens (including phenoxy) is 2. The number of hydrogen-bond donors (Lipinski definition) is 0. The highest BCUT2D eigenvalue weighted by atomic mass is 16.5. The minimum atomic E-state index is 0.633. The smallest absolute Gasteiger partial charge is 0.214 e. The topological polar surface area (TPSA) is 31.4 Å². The van der Waals surface area contributed by atoms with Crippen molar-refractivity contribution in [1.82, 2.24) is 4.98 Å². The van der Waals surface area contributed by atoms with Crippen LogP contribution < -0.4 is 4.74 Å². The predicted octanol–water partition coefficient (Wildman–Crippen LogP) is 2.90. The lowest BCUT2D eigenvalue weighted by Crippen LogP contribution is -2.04. The second-order valence-electron chi connectivity index (χ2n) is 4.44. The molecule has 0 spiro atoms. The maximum Gasteiger partial charge on any atom is 0.214 e. The van der Waals surface area contributed by atoms with Gasteiger partial charge >= 0.3 is 0 Å². The molecule has 4 heteroatoms. The summed E-state index contributed by atoms with van der Waals surface area (Å²) in [6.45, 7) is 3.41. The van der Waals surface area contributed by atoms with E-state index in [9.17, 15) is 0 Å². The molecule has 3 nitrogen and oxygen atoms in total. The zero-order chi connectivity index (χ0) is 13.5. The Morgan fingerprint density at radius 3 is 2.84 bits per heavy atom. The van der Waals surface area contributed by atoms with E-state index in [1.165, 1.54) is 10.9 Å². The molecule has 1 aromatic carbocycles. The Balaban J connectivity index is 2.19. The largest absolute Gasteiger partial charge is 0.478 e. The van der Waals surface area contributed by atoms with Crippen molar-refractivity contribution in [2.75, 3.05) is 20.3 Å². The van der Waals surface area contributed by atoms with Crippen LogP contribution in [0.1, 0.15) is 12.0 Å². The van der Waals surface area contributed by atoms with E-state index < -0.39 is 0 Å². The summed E-state index contributed by atoms with van der Waals surface area (Å²) >= 11 is 0. The third-order valence-corrected chi connectivity index (χ3v) is 2.95. The molecule has 0 aliphatic rings. The average molecular weight is 256 g/mol. The zero-order valence-corrected chi connectivity index (χ0v) is 11.6. The van der Waals surface area contributed by atoms with Gasteiger partial charge in [-0.3, -0.25) is 0 Å². The summed E-state index contributed by atoms with van der Waals surface area (Å²) in [6.07, 6.45) is 1.80. The van der Waals surface area contributed by atoms with E-state index in [2.05, 4.69) is 25.2 Å². The van der Waals surface area contributed by atoms with Gasteiger partial charge in [0.15, 0.2) is 0 Å². The van der Waals surface area contributed by atoms with E-state index in [1.807, 2.05) is 24.3 Å². The molecular weight excluding hydrogens is 237 g/mol. The van der Waals surface area contributed by atoms with Crippen molar-refractivity contribution in [1.29, 1.82) is 0 Å². The third-order valence-electron chi connectivity index (χ3n) is 2.95. The van der Waals surface area contributed by atoms with Crippen molar-refractivity contribution in [3.63, 3.8) is 0 Å². The van der Waals surface area contributed by atoms with Gasteiger partial charge in [-0.2, -0.15) is 0 Å². The summed E-state index contributed by atoms with van der Waals surface area (Å²) in [6, 6.07) is 10.2. The molecule has 0 N–H and O–H groups in total. The van der Waals surface area contributed by atoms with Crippen LogP contribution in [0.3, 0.4) is 0 Å². The maximum absolute atomic E-state index is 5.70. The van der Waals surface area contributed by atoms with Gasteiger partial charge in [-0.25, -0.2) is 4.98 Å². The second-order valence-corrected chi connectivity index (χ2v) is 4.44. The zero-order valence-electron chi connectivity index (χ0n) is 11.6. The van der Waals surface area contributed by atoms with Gasteiger partial charge in [-0.15, -0.1) is 0 Å². The van der Waals surface area contributed by atoms with E-state index in [-0.39, 0.29) is 0 Å². The number of para-hydroxylation sites is 1. The van der Waals surface area contributed by atoms with Crippen molar-refractivity contribution in [3.05, 3.63) is 35.9 Å². The van der Waals surface area contributed by atoms with Crippen LogP contribution >= 0.6 is 0 Å². The fraction of sp³-hybridized carbons (Fsp3) is 0.400. The lowest BCUT2D eigenvalue weighted by Gasteiger charge is -2.10. The number of benzene rings is 1. The fourth-order valence-electron chi connectivity index (χ4n) is 2.06. The minimum absolute atomic E-state index is 0.633. The number of fused-ring (bicyclic) bond motifs is 1. The van der Waals surface area contributed by atoms with Crippen molar-refractivity contribution in [2.24, 2.45) is 0 Å². The average Bonchev–Trinajstić information content (AvgIpc) is 2.44. The van der Waals surface area contributed by atoms with Gasteiger partial charge in [0, 0.05) is 31.6 Å². The van der Waals surface area contributed by atoms with Gasteiger partial charge in [0.2, 0.25) is 5.88 Å². The van der Waals surface area contributed by atoms with Crippen LogP contribution in [-0.2, 0) is 11.1 Å². The highest BCUT2D eigenvalue weighted by molar-refractivity contribution is 6.33. The van der Waals surface area contributed by atoms with E-state index in [1.54, 1.807) is 7.11 Å². The Labute approximate surface area is 115 Å². The first kappa shape index (κ1) is 13.9. The third kappa shape index (κ3) is 3.71. The standard InChI is InChI=1S/C15H19BNO2/c1-16-11-12-10-15(19-9-5-8-18-2)17-14-7-4-3-6-13(12)14/h3-4,6-7,10H,5,8-9,11H2,1-2H3. The lowest BCUT2D eigenvalue weighted by molar-refractivity contribution is 0.170. The van der Waals surface area contributed by atoms with Gasteiger partial charge in [-0.1, -0.05) is 31.3 Å². The summed E-state index contributed by atoms with van der Waals surface area (Å²) < 4.78 is 10.7. The molecule has 0 unspecified atom stereocenters. The van der Waals surface area contributed by atoms with Crippen molar-refractivity contribution in [3.8, 4) is 5.88 Å². The van der Waals surface area contributed by atoms with E-state index in [4.69, 9.17) is 9.47 Å². The van der Waals surface area contributed by atoms with Gasteiger partial charge in [0.1, 0.15) is 7.28 Å². The fourth-order valence-corrected chi connectivity index (χ4v) is 2.06. The van der Waals surface area contributed by atoms with Crippen LogP contribution in [0.5, 0.6) is 5.88 Å². The highest BCUT2D eigenvalue weighted by Crippen LogP contribution is 2.22. The summed E-state index contributed by atoms with van der Waals surface area (Å²) in [7, 11) is 3.85. The number of aromatic nitrogens is 1. The second kappa shape index (κ2) is 7.14. The van der Waals surface area contributed by atoms with Crippen LogP contribution in [0, 0.1) is 0 Å². The molecule has 19 heavy (non-hydrogen) atoms. The molecule has 0 amide bonds. The molecule has 1 aromatic heterocycles. The van der Waals surface area contributed by atoms with Crippen LogP contribution in [-0.4, -0.2) is 32.6 Å². The number of rotatable bonds is 7. The molecule has 2 rings (SSSR count). The van der Waals surface area contributed by atoms with Crippen LogP contribution in [0.2, 0.25) is 6.82 Å². The molecule has 0 bridgehead atoms. The minimum Gasteiger partial charge on any atom is -0.478 e. The van der Waals surface area contributed by atoms with E-state index in [0.29, 0.717) is 19.1 Å². The van der Waals surface area contributed by atoms with Crippen molar-refractivity contribution in [2.45, 2.75) is 19.6 Å². The summed E-state index contributed by atoms with van der Waals surface area (Å²) in [5.41, 5.74) is 2.25. The highest BCUT2D eigenvalue weighted by Gasteiger charge is 2.05. The Hall–Kier alpha value is -1.55. The van der Waals surface area contributed by atoms with Crippen molar-refractivity contribution >= 4 is 18.2 Å². The number of nitrogens with zero attached hydrogens (tertiary/aromatic N) is 1. The van der Waals surface area contributed by atoms with Crippen LogP contribution in [0.15, 0.2) is 30.3 Å². The van der Waals surface area contributed by atoms with Gasteiger partial charge < -0.3 is 9.47 Å². The number of pyridine rings is 1. The number of hydrogen-bond acceptors (Lipinski definition) is 3. The SMILES string of the molecule is C[B]Cc1cc(OCCCOC)nc2ccccc12. The summed E-state index contributed by atoms with van der Waals surface area (Å²) in [5.74, 6) is 0.701. The van der Waals surface area contributed by atoms with Crippen LogP contribution in [0.25, 0.3) is 10.9 Å². The molecule has 1 heterocycles. The Morgan fingerprint density at radius 2 is 2.05 bits per heavy atom. The quantitative estimate of drug-likeness (QED) is 0.563. The first-order valence-corrected chi connectivity index (χ1v) is 6.63. The van der Waals surface area contributed by atoms with E-state index in [0.717, 1.165) is 18.3 Å². The molecule has 0 aliphatic heterocycles. The predicted molar refractivity (Wildman–Crippen MR) is 79.1 cm³/mol. The lowest BCUT2D eigenvalue weighted by atomic mass is 9.74. The molecule has 0 saturated carbocycles. The molecule has 0 atom stereocenters. The normalized spacial score (nSPS) is 10.6. The van der Waals surface area contributed by atoms with Gasteiger partial charge in [-0.05, 0) is 11.6 Å². The van der Waals surface area contributed by atoms with Gasteiger partial charge in [0.25, 0.3) is 0 Å². The monoisotopic (exact) mass is 256 g/mol. The van der Waals surface area contributed by atoms with E-state index >= 15 is 0 Å². The summed E-state index contributed by atoms with van der Waals surface area (Å²) in [5, 5.41) is 1.20. The Bertz CT molecular complexity index is 531. The van der Waals surface area contributed by atoms with Gasteiger partial charge in [0.05, 0.1) is 12.1 Å². The molecule has 99 valence electrons. The molecule has 0 saturated heterocycles. The molecule has 0 fully saturated rings. The molecule has 1 radical (unpaired) electrons. The Morgan fingerprint density at radius 1 is 1.21 bits per heavy atom. The molecule has 0 aliphatic carbocycles. The first-order chi connectivity index (χ1) is 9.35. The number of methoxy groups -OCH3 is 1. The maximum atomic E-state index is 5.70. The molecular formula is C15H19BNO2. The summed E-state index contributed by atoms with van der Waals surface area (Å²) in [4.78, 5) is 4.54. The first-order valence-electron chi connectivity index (χ1n) is 6.63. The molecule has 2 aromatic rings. The Kier molecular flexibility index (Phi) is 5.22. The van der Waals surface area contributed by atoms with Crippen LogP contribution in [0.4, 0.5) is 0 Å². The van der Waals surface area contributed by atoms with Crippen molar-refractivity contribution < 1.29 is 9.47 Å².